The van der Waals surface area contributed by atoms with Gasteiger partial charge in [0.15, 0.2) is 0 Å². The highest BCUT2D eigenvalue weighted by Crippen LogP contribution is 2.12. The first-order valence-electron chi connectivity index (χ1n) is 7.09. The van der Waals surface area contributed by atoms with Crippen LogP contribution in [0.3, 0.4) is 0 Å². The van der Waals surface area contributed by atoms with E-state index in [1.54, 1.807) is 0 Å². The maximum Gasteiger partial charge on any atom is 0.214 e. The van der Waals surface area contributed by atoms with Crippen molar-refractivity contribution in [3.05, 3.63) is 0 Å². The zero-order chi connectivity index (χ0) is 13.7. The molecule has 0 spiro atoms. The van der Waals surface area contributed by atoms with Gasteiger partial charge in [0.2, 0.25) is 5.91 Å². The van der Waals surface area contributed by atoms with E-state index in [1.807, 2.05) is 0 Å². The number of nitrogens with two attached hydrogens (primary N) is 1. The van der Waals surface area contributed by atoms with Crippen LogP contribution in [-0.2, 0) is 4.79 Å². The average molecular weight is 245 g/mol. The molecule has 2 N–H and O–H groups in total. The number of hydrogen-bond acceptors (Lipinski definition) is 1. The van der Waals surface area contributed by atoms with Gasteiger partial charge in [-0.2, -0.15) is 0 Å². The third kappa shape index (κ3) is 11.7. The molecule has 0 atom stereocenters. The largest absolute Gasteiger partial charge is 0.370 e. The summed E-state index contributed by atoms with van der Waals surface area (Å²) in [6.07, 6.45) is 5.33. The molecule has 0 aromatic heterocycles. The number of primary amides is 1. The number of carbonyl (C=O) groups is 1. The monoisotopic (exact) mass is 245 g/mol. The quantitative estimate of drug-likeness (QED) is 0.656. The lowest BCUT2D eigenvalue weighted by Gasteiger charge is -2.38. The Labute approximate surface area is 108 Å². The number of quaternary nitrogens is 1. The first-order valence-corrected chi connectivity index (χ1v) is 7.09. The van der Waals surface area contributed by atoms with Crippen LogP contribution in [0.4, 0.5) is 0 Å². The lowest BCUT2D eigenvalue weighted by Crippen LogP contribution is -2.50. The first-order chi connectivity index (χ1) is 7.97. The van der Waals surface area contributed by atoms with Crippen molar-refractivity contribution in [1.29, 1.82) is 0 Å². The Bertz CT molecular complexity index is 148. The molecule has 3 nitrogen and oxygen atoms in total. The molecular formula is C14H33N2O+. The summed E-state index contributed by atoms with van der Waals surface area (Å²) >= 11 is 0. The van der Waals surface area contributed by atoms with E-state index in [0.717, 1.165) is 0 Å². The molecule has 0 aliphatic heterocycles. The summed E-state index contributed by atoms with van der Waals surface area (Å²) in [6.45, 7) is 16.1. The van der Waals surface area contributed by atoms with Crippen LogP contribution in [0.5, 0.6) is 0 Å². The standard InChI is InChI=1S/C12H28N.C2H5NO/c1-5-9-13(10-6-2,11-7-3)12-8-4;1-2(3)4/h5-12H2,1-4H3;1H3,(H2,3,4)/q+1;. The summed E-state index contributed by atoms with van der Waals surface area (Å²) in [5, 5.41) is 0. The number of amides is 1. The lowest BCUT2D eigenvalue weighted by molar-refractivity contribution is -0.928. The van der Waals surface area contributed by atoms with Crippen molar-refractivity contribution >= 4 is 5.91 Å². The van der Waals surface area contributed by atoms with Gasteiger partial charge in [0.05, 0.1) is 26.2 Å². The number of rotatable bonds is 8. The molecule has 0 saturated heterocycles. The highest BCUT2D eigenvalue weighted by Gasteiger charge is 2.22. The highest BCUT2D eigenvalue weighted by atomic mass is 16.1. The fourth-order valence-electron chi connectivity index (χ4n) is 2.57. The predicted octanol–water partition coefficient (Wildman–Crippen LogP) is 2.93. The molecule has 0 aliphatic carbocycles. The van der Waals surface area contributed by atoms with Gasteiger partial charge >= 0.3 is 0 Å². The van der Waals surface area contributed by atoms with Crippen molar-refractivity contribution in [1.82, 2.24) is 0 Å². The Kier molecular flexibility index (Phi) is 13.2. The van der Waals surface area contributed by atoms with Crippen molar-refractivity contribution in [3.8, 4) is 0 Å². The minimum Gasteiger partial charge on any atom is -0.370 e. The average Bonchev–Trinajstić information content (AvgIpc) is 2.18. The van der Waals surface area contributed by atoms with Crippen LogP contribution >= 0.6 is 0 Å². The van der Waals surface area contributed by atoms with Gasteiger partial charge in [0, 0.05) is 6.92 Å². The summed E-state index contributed by atoms with van der Waals surface area (Å²) in [6, 6.07) is 0. The SMILES string of the molecule is CC(N)=O.CCC[N+](CCC)(CCC)CCC. The fraction of sp³-hybridized carbons (Fsp3) is 0.929. The van der Waals surface area contributed by atoms with E-state index in [2.05, 4.69) is 33.4 Å². The van der Waals surface area contributed by atoms with E-state index < -0.39 is 0 Å². The molecule has 0 unspecified atom stereocenters. The molecule has 3 heteroatoms. The Morgan fingerprint density at radius 2 is 1.00 bits per heavy atom. The van der Waals surface area contributed by atoms with Crippen molar-refractivity contribution < 1.29 is 9.28 Å². The molecule has 0 aromatic carbocycles. The van der Waals surface area contributed by atoms with E-state index >= 15 is 0 Å². The molecule has 0 heterocycles. The van der Waals surface area contributed by atoms with Gasteiger partial charge in [-0.25, -0.2) is 0 Å². The van der Waals surface area contributed by atoms with Crippen LogP contribution in [-0.4, -0.2) is 36.6 Å². The van der Waals surface area contributed by atoms with E-state index in [9.17, 15) is 4.79 Å². The number of carbonyl (C=O) groups excluding carboxylic acids is 1. The second-order valence-electron chi connectivity index (χ2n) is 4.85. The second-order valence-corrected chi connectivity index (χ2v) is 4.85. The van der Waals surface area contributed by atoms with E-state index in [0.29, 0.717) is 0 Å². The van der Waals surface area contributed by atoms with Crippen LogP contribution < -0.4 is 5.73 Å². The molecule has 104 valence electrons. The molecule has 0 saturated carbocycles. The van der Waals surface area contributed by atoms with Gasteiger partial charge in [-0.05, 0) is 25.7 Å². The van der Waals surface area contributed by atoms with Crippen LogP contribution in [0.1, 0.15) is 60.3 Å². The summed E-state index contributed by atoms with van der Waals surface area (Å²) in [5.74, 6) is -0.333. The maximum absolute atomic E-state index is 9.22. The van der Waals surface area contributed by atoms with Crippen molar-refractivity contribution in [3.63, 3.8) is 0 Å². The Morgan fingerprint density at radius 1 is 0.824 bits per heavy atom. The smallest absolute Gasteiger partial charge is 0.214 e. The molecular weight excluding hydrogens is 212 g/mol. The van der Waals surface area contributed by atoms with E-state index in [-0.39, 0.29) is 5.91 Å². The van der Waals surface area contributed by atoms with Gasteiger partial charge in [0.1, 0.15) is 0 Å². The highest BCUT2D eigenvalue weighted by molar-refractivity contribution is 5.70. The van der Waals surface area contributed by atoms with Gasteiger partial charge in [-0.3, -0.25) is 4.79 Å². The fourth-order valence-corrected chi connectivity index (χ4v) is 2.57. The normalized spacial score (nSPS) is 10.6. The number of hydrogen-bond donors (Lipinski definition) is 1. The summed E-state index contributed by atoms with van der Waals surface area (Å²) in [4.78, 5) is 9.22. The topological polar surface area (TPSA) is 43.1 Å². The molecule has 17 heavy (non-hydrogen) atoms. The van der Waals surface area contributed by atoms with Crippen LogP contribution in [0.15, 0.2) is 0 Å². The van der Waals surface area contributed by atoms with Crippen molar-refractivity contribution in [2.45, 2.75) is 60.3 Å². The third-order valence-electron chi connectivity index (χ3n) is 2.79. The Balaban J connectivity index is 0. The predicted molar refractivity (Wildman–Crippen MR) is 75.8 cm³/mol. The molecule has 0 aromatic rings. The molecule has 0 radical (unpaired) electrons. The summed E-state index contributed by atoms with van der Waals surface area (Å²) in [7, 11) is 0. The maximum atomic E-state index is 9.22. The Morgan fingerprint density at radius 3 is 1.12 bits per heavy atom. The molecule has 0 aliphatic rings. The molecule has 0 bridgehead atoms. The number of nitrogens with zero attached hydrogens (tertiary/aromatic N) is 1. The zero-order valence-corrected chi connectivity index (χ0v) is 12.6. The molecule has 0 fully saturated rings. The van der Waals surface area contributed by atoms with Gasteiger partial charge < -0.3 is 10.2 Å². The van der Waals surface area contributed by atoms with E-state index in [4.69, 9.17) is 0 Å². The second kappa shape index (κ2) is 11.9. The molecule has 1 amide bonds. The first kappa shape index (κ1) is 18.8. The summed E-state index contributed by atoms with van der Waals surface area (Å²) < 4.78 is 1.38. The van der Waals surface area contributed by atoms with Gasteiger partial charge in [0.25, 0.3) is 0 Å². The molecule has 0 rings (SSSR count). The van der Waals surface area contributed by atoms with Crippen LogP contribution in [0.25, 0.3) is 0 Å². The van der Waals surface area contributed by atoms with Gasteiger partial charge in [-0.1, -0.05) is 27.7 Å². The van der Waals surface area contributed by atoms with Crippen LogP contribution in [0, 0.1) is 0 Å². The van der Waals surface area contributed by atoms with Crippen LogP contribution in [0.2, 0.25) is 0 Å². The van der Waals surface area contributed by atoms with Gasteiger partial charge in [-0.15, -0.1) is 0 Å². The lowest BCUT2D eigenvalue weighted by atomic mass is 10.2. The Hall–Kier alpha value is -0.570. The van der Waals surface area contributed by atoms with Crippen molar-refractivity contribution in [2.75, 3.05) is 26.2 Å². The van der Waals surface area contributed by atoms with E-state index in [1.165, 1.54) is 63.3 Å². The third-order valence-corrected chi connectivity index (χ3v) is 2.79. The minimum atomic E-state index is -0.333. The zero-order valence-electron chi connectivity index (χ0n) is 12.6. The minimum absolute atomic E-state index is 0.333. The van der Waals surface area contributed by atoms with Crippen molar-refractivity contribution in [2.24, 2.45) is 5.73 Å². The summed E-state index contributed by atoms with van der Waals surface area (Å²) in [5.41, 5.74) is 4.47.